The largest absolute Gasteiger partial charge is 0.501 e. The topological polar surface area (TPSA) is 116 Å². The van der Waals surface area contributed by atoms with Gasteiger partial charge in [-0.1, -0.05) is 17.7 Å². The monoisotopic (exact) mass is 507 g/mol. The quantitative estimate of drug-likeness (QED) is 0.475. The van der Waals surface area contributed by atoms with Crippen LogP contribution in [-0.4, -0.2) is 88.2 Å². The summed E-state index contributed by atoms with van der Waals surface area (Å²) in [5.41, 5.74) is -0.616. The molecule has 1 aromatic carbocycles. The van der Waals surface area contributed by atoms with Crippen molar-refractivity contribution in [2.75, 3.05) is 41.3 Å². The van der Waals surface area contributed by atoms with E-state index in [-0.39, 0.29) is 36.8 Å². The smallest absolute Gasteiger partial charge is 0.312 e. The van der Waals surface area contributed by atoms with E-state index in [2.05, 4.69) is 4.98 Å². The molecule has 1 aliphatic heterocycles. The fourth-order valence-electron chi connectivity index (χ4n) is 3.82. The summed E-state index contributed by atoms with van der Waals surface area (Å²) in [5, 5.41) is 10.4. The Morgan fingerprint density at radius 1 is 1.20 bits per heavy atom. The molecule has 35 heavy (non-hydrogen) atoms. The first-order valence-corrected chi connectivity index (χ1v) is 11.3. The number of nitrogens with zero attached hydrogens (tertiary/aromatic N) is 5. The number of hydrogen-bond donors (Lipinski definition) is 1. The average molecular weight is 508 g/mol. The van der Waals surface area contributed by atoms with Crippen LogP contribution in [0.2, 0.25) is 5.02 Å². The standard InChI is InChI=1S/C23H27ClFN5O5/c1-27(2)22(34)23(35)29(4)16-12-28(3)9-10-30-20(16)26-18(19(32)21(30)33)17(31)8-6-13-5-7-15(25)14(24)11-13/h5,7,11,16,32H,6,8-10,12H2,1-4H3. The number of carbonyl (C=O) groups is 3. The lowest BCUT2D eigenvalue weighted by Crippen LogP contribution is -2.45. The summed E-state index contributed by atoms with van der Waals surface area (Å²) in [6, 6.07) is 3.25. The third-order valence-electron chi connectivity index (χ3n) is 5.93. The Balaban J connectivity index is 1.98. The van der Waals surface area contributed by atoms with Crippen molar-refractivity contribution in [1.82, 2.24) is 24.3 Å². The number of hydrogen-bond acceptors (Lipinski definition) is 7. The minimum Gasteiger partial charge on any atom is -0.501 e. The van der Waals surface area contributed by atoms with Gasteiger partial charge >= 0.3 is 11.8 Å². The third kappa shape index (κ3) is 5.51. The summed E-state index contributed by atoms with van der Waals surface area (Å²) in [6.45, 7) is 0.850. The first-order valence-electron chi connectivity index (χ1n) is 10.9. The van der Waals surface area contributed by atoms with E-state index in [1.165, 1.54) is 48.8 Å². The number of benzene rings is 1. The molecule has 0 aliphatic carbocycles. The van der Waals surface area contributed by atoms with Gasteiger partial charge in [0.1, 0.15) is 17.7 Å². The van der Waals surface area contributed by atoms with Gasteiger partial charge in [0.2, 0.25) is 5.75 Å². The van der Waals surface area contributed by atoms with E-state index < -0.39 is 46.5 Å². The molecule has 3 rings (SSSR count). The van der Waals surface area contributed by atoms with E-state index in [0.29, 0.717) is 12.1 Å². The second-order valence-corrected chi connectivity index (χ2v) is 9.10. The molecule has 2 aromatic rings. The second kappa shape index (κ2) is 10.5. The van der Waals surface area contributed by atoms with Gasteiger partial charge in [-0.25, -0.2) is 9.37 Å². The fraction of sp³-hybridized carbons (Fsp3) is 0.435. The number of amides is 2. The van der Waals surface area contributed by atoms with Gasteiger partial charge in [0.05, 0.1) is 5.02 Å². The first kappa shape index (κ1) is 26.3. The number of rotatable bonds is 5. The molecule has 188 valence electrons. The number of Topliss-reactive ketones (excluding diaryl/α,β-unsaturated/α-hetero) is 1. The van der Waals surface area contributed by atoms with Crippen LogP contribution < -0.4 is 5.56 Å². The van der Waals surface area contributed by atoms with Crippen LogP contribution in [-0.2, 0) is 22.6 Å². The number of aryl methyl sites for hydroxylation is 1. The zero-order valence-electron chi connectivity index (χ0n) is 19.9. The maximum Gasteiger partial charge on any atom is 0.312 e. The summed E-state index contributed by atoms with van der Waals surface area (Å²) in [4.78, 5) is 59.5. The van der Waals surface area contributed by atoms with Gasteiger partial charge in [-0.05, 0) is 31.2 Å². The predicted octanol–water partition coefficient (Wildman–Crippen LogP) is 1.09. The maximum absolute atomic E-state index is 13.4. The van der Waals surface area contributed by atoms with E-state index in [0.717, 1.165) is 4.90 Å². The van der Waals surface area contributed by atoms with Crippen LogP contribution in [0.4, 0.5) is 4.39 Å². The van der Waals surface area contributed by atoms with Crippen LogP contribution in [0, 0.1) is 5.82 Å². The molecule has 1 unspecified atom stereocenters. The molecule has 0 saturated carbocycles. The Morgan fingerprint density at radius 2 is 1.89 bits per heavy atom. The van der Waals surface area contributed by atoms with E-state index >= 15 is 0 Å². The van der Waals surface area contributed by atoms with Gasteiger partial charge < -0.3 is 19.8 Å². The lowest BCUT2D eigenvalue weighted by molar-refractivity contribution is -0.151. The number of fused-ring (bicyclic) bond motifs is 1. The Bertz CT molecular complexity index is 1230. The molecule has 1 aliphatic rings. The minimum absolute atomic E-state index is 0.0777. The van der Waals surface area contributed by atoms with Gasteiger partial charge in [0, 0.05) is 47.2 Å². The number of ketones is 1. The first-order chi connectivity index (χ1) is 16.4. The molecule has 10 nitrogen and oxygen atoms in total. The fourth-order valence-corrected chi connectivity index (χ4v) is 4.02. The van der Waals surface area contributed by atoms with Crippen molar-refractivity contribution in [2.45, 2.75) is 25.4 Å². The lowest BCUT2D eigenvalue weighted by atomic mass is 10.1. The number of halogens is 2. The van der Waals surface area contributed by atoms with Gasteiger partial charge in [-0.15, -0.1) is 0 Å². The molecule has 2 amide bonds. The lowest BCUT2D eigenvalue weighted by Gasteiger charge is -2.30. The Labute approximate surface area is 206 Å². The Hall–Kier alpha value is -3.31. The van der Waals surface area contributed by atoms with Crippen molar-refractivity contribution in [3.05, 3.63) is 56.5 Å². The van der Waals surface area contributed by atoms with Crippen molar-refractivity contribution < 1.29 is 23.9 Å². The zero-order valence-corrected chi connectivity index (χ0v) is 20.7. The third-order valence-corrected chi connectivity index (χ3v) is 6.22. The molecule has 0 radical (unpaired) electrons. The molecule has 0 fully saturated rings. The maximum atomic E-state index is 13.4. The summed E-state index contributed by atoms with van der Waals surface area (Å²) in [5.74, 6) is -3.41. The van der Waals surface area contributed by atoms with Crippen molar-refractivity contribution >= 4 is 29.2 Å². The molecule has 2 heterocycles. The van der Waals surface area contributed by atoms with Gasteiger partial charge in [-0.3, -0.25) is 23.7 Å². The molecule has 12 heteroatoms. The predicted molar refractivity (Wildman–Crippen MR) is 126 cm³/mol. The molecular formula is C23H27ClFN5O5. The summed E-state index contributed by atoms with van der Waals surface area (Å²) >= 11 is 5.79. The van der Waals surface area contributed by atoms with Gasteiger partial charge in [-0.2, -0.15) is 0 Å². The van der Waals surface area contributed by atoms with Crippen molar-refractivity contribution in [3.63, 3.8) is 0 Å². The zero-order chi connectivity index (χ0) is 26.0. The van der Waals surface area contributed by atoms with Crippen molar-refractivity contribution in [3.8, 4) is 5.75 Å². The molecule has 0 spiro atoms. The van der Waals surface area contributed by atoms with Crippen molar-refractivity contribution in [1.29, 1.82) is 0 Å². The highest BCUT2D eigenvalue weighted by Crippen LogP contribution is 2.25. The van der Waals surface area contributed by atoms with Crippen LogP contribution in [0.1, 0.15) is 34.3 Å². The average Bonchev–Trinajstić information content (AvgIpc) is 2.99. The minimum atomic E-state index is -0.824. The van der Waals surface area contributed by atoms with Crippen LogP contribution >= 0.6 is 11.6 Å². The molecule has 0 saturated heterocycles. The van der Waals surface area contributed by atoms with Crippen LogP contribution in [0.3, 0.4) is 0 Å². The SMILES string of the molecule is CN1CCn2c(nc(C(=O)CCc3ccc(F)c(Cl)c3)c(O)c2=O)C(N(C)C(=O)C(=O)N(C)C)C1. The van der Waals surface area contributed by atoms with E-state index in [1.54, 1.807) is 7.05 Å². The van der Waals surface area contributed by atoms with E-state index in [9.17, 15) is 28.7 Å². The summed E-state index contributed by atoms with van der Waals surface area (Å²) in [7, 11) is 6.12. The van der Waals surface area contributed by atoms with Crippen molar-refractivity contribution in [2.24, 2.45) is 0 Å². The summed E-state index contributed by atoms with van der Waals surface area (Å²) < 4.78 is 14.6. The van der Waals surface area contributed by atoms with Crippen LogP contribution in [0.5, 0.6) is 5.75 Å². The second-order valence-electron chi connectivity index (χ2n) is 8.69. The highest BCUT2D eigenvalue weighted by Gasteiger charge is 2.35. The molecule has 1 atom stereocenters. The molecular weight excluding hydrogens is 481 g/mol. The Kier molecular flexibility index (Phi) is 7.91. The van der Waals surface area contributed by atoms with Gasteiger partial charge in [0.25, 0.3) is 5.56 Å². The number of likely N-dealkylation sites (N-methyl/N-ethyl adjacent to an activating group) is 3. The molecule has 0 bridgehead atoms. The number of aromatic nitrogens is 2. The highest BCUT2D eigenvalue weighted by atomic mass is 35.5. The highest BCUT2D eigenvalue weighted by molar-refractivity contribution is 6.34. The van der Waals surface area contributed by atoms with Gasteiger partial charge in [0.15, 0.2) is 11.5 Å². The molecule has 1 aromatic heterocycles. The van der Waals surface area contributed by atoms with E-state index in [4.69, 9.17) is 11.6 Å². The Morgan fingerprint density at radius 3 is 2.51 bits per heavy atom. The van der Waals surface area contributed by atoms with Crippen LogP contribution in [0.25, 0.3) is 0 Å². The van der Waals surface area contributed by atoms with Crippen LogP contribution in [0.15, 0.2) is 23.0 Å². The number of carbonyl (C=O) groups excluding carboxylic acids is 3. The van der Waals surface area contributed by atoms with E-state index in [1.807, 2.05) is 4.90 Å². The number of aromatic hydroxyl groups is 1. The molecule has 1 N–H and O–H groups in total. The summed E-state index contributed by atoms with van der Waals surface area (Å²) in [6.07, 6.45) is 0.0597. The normalized spacial score (nSPS) is 15.8.